The lowest BCUT2D eigenvalue weighted by atomic mass is 9.84. The molecule has 2 heterocycles. The van der Waals surface area contributed by atoms with Gasteiger partial charge in [0.05, 0.1) is 0 Å². The van der Waals surface area contributed by atoms with Gasteiger partial charge in [0.2, 0.25) is 6.79 Å². The first kappa shape index (κ1) is 17.0. The van der Waals surface area contributed by atoms with Gasteiger partial charge in [-0.15, -0.1) is 0 Å². The summed E-state index contributed by atoms with van der Waals surface area (Å²) in [6.45, 7) is 6.89. The molecule has 1 unspecified atom stereocenters. The van der Waals surface area contributed by atoms with E-state index >= 15 is 0 Å². The summed E-state index contributed by atoms with van der Waals surface area (Å²) in [6.07, 6.45) is 1.00. The fourth-order valence-electron chi connectivity index (χ4n) is 3.62. The van der Waals surface area contributed by atoms with Crippen molar-refractivity contribution in [2.45, 2.75) is 31.8 Å². The molecule has 2 aliphatic heterocycles. The molecule has 0 radical (unpaired) electrons. The highest BCUT2D eigenvalue weighted by Gasteiger charge is 2.33. The van der Waals surface area contributed by atoms with E-state index in [-0.39, 0.29) is 12.4 Å². The van der Waals surface area contributed by atoms with E-state index in [1.807, 2.05) is 24.3 Å². The minimum atomic E-state index is -0.135. The highest BCUT2D eigenvalue weighted by Crippen LogP contribution is 2.40. The van der Waals surface area contributed by atoms with Crippen LogP contribution in [-0.4, -0.2) is 32.1 Å². The van der Waals surface area contributed by atoms with Crippen molar-refractivity contribution in [3.63, 3.8) is 0 Å². The van der Waals surface area contributed by atoms with Gasteiger partial charge in [-0.1, -0.05) is 18.2 Å². The van der Waals surface area contributed by atoms with Crippen LogP contribution in [0.4, 0.5) is 0 Å². The molecular formula is C21H25NO4. The minimum absolute atomic E-state index is 0.135. The fourth-order valence-corrected chi connectivity index (χ4v) is 3.62. The standard InChI is InChI=1S/C21H25NO4/c1-21(2)12-15(17-5-3-4-6-18(17)26-21)13-22-9-10-23-16-7-8-19-20(11-16)25-14-24-19/h3-8,11,15,22H,9-10,12-14H2,1-2H3. The molecule has 138 valence electrons. The van der Waals surface area contributed by atoms with Gasteiger partial charge in [-0.3, -0.25) is 0 Å². The molecule has 1 N–H and O–H groups in total. The van der Waals surface area contributed by atoms with Gasteiger partial charge in [0.15, 0.2) is 11.5 Å². The van der Waals surface area contributed by atoms with Crippen LogP contribution in [0.5, 0.6) is 23.0 Å². The Bertz CT molecular complexity index is 774. The summed E-state index contributed by atoms with van der Waals surface area (Å²) < 4.78 is 22.6. The number of benzene rings is 2. The zero-order chi connectivity index (χ0) is 18.0. The molecule has 0 spiro atoms. The van der Waals surface area contributed by atoms with Crippen LogP contribution in [0.2, 0.25) is 0 Å². The molecule has 0 saturated heterocycles. The number of hydrogen-bond donors (Lipinski definition) is 1. The third-order valence-electron chi connectivity index (χ3n) is 4.77. The van der Waals surface area contributed by atoms with Crippen molar-refractivity contribution in [2.75, 3.05) is 26.5 Å². The van der Waals surface area contributed by atoms with E-state index in [0.29, 0.717) is 12.5 Å². The van der Waals surface area contributed by atoms with Gasteiger partial charge in [-0.25, -0.2) is 0 Å². The largest absolute Gasteiger partial charge is 0.492 e. The van der Waals surface area contributed by atoms with Gasteiger partial charge < -0.3 is 24.3 Å². The molecule has 2 aromatic carbocycles. The van der Waals surface area contributed by atoms with E-state index < -0.39 is 0 Å². The maximum atomic E-state index is 6.10. The maximum absolute atomic E-state index is 6.10. The first-order valence-corrected chi connectivity index (χ1v) is 9.12. The quantitative estimate of drug-likeness (QED) is 0.800. The maximum Gasteiger partial charge on any atom is 0.231 e. The van der Waals surface area contributed by atoms with Crippen molar-refractivity contribution in [2.24, 2.45) is 0 Å². The van der Waals surface area contributed by atoms with Crippen molar-refractivity contribution in [1.29, 1.82) is 0 Å². The van der Waals surface area contributed by atoms with Gasteiger partial charge in [0.1, 0.15) is 23.7 Å². The second-order valence-corrected chi connectivity index (χ2v) is 7.37. The molecule has 0 aromatic heterocycles. The zero-order valence-corrected chi connectivity index (χ0v) is 15.3. The SMILES string of the molecule is CC1(C)CC(CNCCOc2ccc3c(c2)OCO3)c2ccccc2O1. The van der Waals surface area contributed by atoms with Crippen LogP contribution in [-0.2, 0) is 0 Å². The highest BCUT2D eigenvalue weighted by atomic mass is 16.7. The zero-order valence-electron chi connectivity index (χ0n) is 15.3. The number of rotatable bonds is 6. The van der Waals surface area contributed by atoms with Crippen molar-refractivity contribution >= 4 is 0 Å². The molecule has 0 amide bonds. The van der Waals surface area contributed by atoms with Crippen LogP contribution in [0.15, 0.2) is 42.5 Å². The molecular weight excluding hydrogens is 330 g/mol. The van der Waals surface area contributed by atoms with Gasteiger partial charge in [-0.05, 0) is 44.0 Å². The second kappa shape index (κ2) is 7.08. The minimum Gasteiger partial charge on any atom is -0.492 e. The Balaban J connectivity index is 1.27. The average molecular weight is 355 g/mol. The van der Waals surface area contributed by atoms with Gasteiger partial charge in [0, 0.05) is 25.1 Å². The van der Waals surface area contributed by atoms with Gasteiger partial charge in [-0.2, -0.15) is 0 Å². The third-order valence-corrected chi connectivity index (χ3v) is 4.77. The van der Waals surface area contributed by atoms with Crippen LogP contribution in [0.25, 0.3) is 0 Å². The molecule has 2 aromatic rings. The van der Waals surface area contributed by atoms with Crippen LogP contribution >= 0.6 is 0 Å². The Morgan fingerprint density at radius 1 is 1.08 bits per heavy atom. The van der Waals surface area contributed by atoms with Crippen LogP contribution in [0.3, 0.4) is 0 Å². The van der Waals surface area contributed by atoms with E-state index in [1.165, 1.54) is 5.56 Å². The van der Waals surface area contributed by atoms with E-state index in [0.717, 1.165) is 42.5 Å². The molecule has 0 bridgehead atoms. The summed E-state index contributed by atoms with van der Waals surface area (Å²) in [5.74, 6) is 3.77. The van der Waals surface area contributed by atoms with E-state index in [1.54, 1.807) is 0 Å². The normalized spacial score (nSPS) is 19.5. The predicted molar refractivity (Wildman–Crippen MR) is 99.4 cm³/mol. The van der Waals surface area contributed by atoms with Crippen molar-refractivity contribution in [3.8, 4) is 23.0 Å². The Labute approximate surface area is 154 Å². The van der Waals surface area contributed by atoms with Crippen LogP contribution in [0.1, 0.15) is 31.7 Å². The lowest BCUT2D eigenvalue weighted by Crippen LogP contribution is -2.38. The van der Waals surface area contributed by atoms with E-state index in [2.05, 4.69) is 37.4 Å². The molecule has 0 saturated carbocycles. The molecule has 5 heteroatoms. The van der Waals surface area contributed by atoms with Crippen LogP contribution in [0, 0.1) is 0 Å². The average Bonchev–Trinajstić information content (AvgIpc) is 3.08. The smallest absolute Gasteiger partial charge is 0.231 e. The highest BCUT2D eigenvalue weighted by molar-refractivity contribution is 5.46. The number of nitrogens with one attached hydrogen (secondary N) is 1. The van der Waals surface area contributed by atoms with Crippen molar-refractivity contribution in [3.05, 3.63) is 48.0 Å². The summed E-state index contributed by atoms with van der Waals surface area (Å²) in [6, 6.07) is 14.0. The van der Waals surface area contributed by atoms with Crippen LogP contribution < -0.4 is 24.3 Å². The van der Waals surface area contributed by atoms with Gasteiger partial charge in [0.25, 0.3) is 0 Å². The molecule has 2 aliphatic rings. The number of hydrogen-bond acceptors (Lipinski definition) is 5. The summed E-state index contributed by atoms with van der Waals surface area (Å²) in [4.78, 5) is 0. The fraction of sp³-hybridized carbons (Fsp3) is 0.429. The lowest BCUT2D eigenvalue weighted by Gasteiger charge is -2.37. The van der Waals surface area contributed by atoms with Crippen molar-refractivity contribution in [1.82, 2.24) is 5.32 Å². The molecule has 5 nitrogen and oxygen atoms in total. The monoisotopic (exact) mass is 355 g/mol. The Kier molecular flexibility index (Phi) is 4.64. The molecule has 0 fully saturated rings. The molecule has 0 aliphatic carbocycles. The first-order chi connectivity index (χ1) is 12.6. The topological polar surface area (TPSA) is 49.0 Å². The Morgan fingerprint density at radius 3 is 2.85 bits per heavy atom. The first-order valence-electron chi connectivity index (χ1n) is 9.12. The Hall–Kier alpha value is -2.40. The summed E-state index contributed by atoms with van der Waals surface area (Å²) in [7, 11) is 0. The third kappa shape index (κ3) is 3.73. The number of para-hydroxylation sites is 1. The number of ether oxygens (including phenoxy) is 4. The second-order valence-electron chi connectivity index (χ2n) is 7.37. The number of fused-ring (bicyclic) bond motifs is 2. The predicted octanol–water partition coefficient (Wildman–Crippen LogP) is 3.73. The van der Waals surface area contributed by atoms with E-state index in [9.17, 15) is 0 Å². The molecule has 1 atom stereocenters. The summed E-state index contributed by atoms with van der Waals surface area (Å²) in [5, 5.41) is 3.52. The summed E-state index contributed by atoms with van der Waals surface area (Å²) >= 11 is 0. The summed E-state index contributed by atoms with van der Waals surface area (Å²) in [5.41, 5.74) is 1.15. The van der Waals surface area contributed by atoms with Crippen molar-refractivity contribution < 1.29 is 18.9 Å². The Morgan fingerprint density at radius 2 is 1.92 bits per heavy atom. The van der Waals surface area contributed by atoms with Gasteiger partial charge >= 0.3 is 0 Å². The lowest BCUT2D eigenvalue weighted by molar-refractivity contribution is 0.0716. The van der Waals surface area contributed by atoms with E-state index in [4.69, 9.17) is 18.9 Å². The molecule has 4 rings (SSSR count). The molecule has 26 heavy (non-hydrogen) atoms.